The zero-order valence-electron chi connectivity index (χ0n) is 15.6. The van der Waals surface area contributed by atoms with Crippen LogP contribution in [0.2, 0.25) is 0 Å². The third-order valence-electron chi connectivity index (χ3n) is 4.92. The molecule has 1 amide bonds. The van der Waals surface area contributed by atoms with Crippen LogP contribution in [-0.2, 0) is 11.3 Å². The van der Waals surface area contributed by atoms with Crippen LogP contribution in [0, 0.1) is 13.8 Å². The molecule has 0 atom stereocenters. The minimum Gasteiger partial charge on any atom is -0.365 e. The van der Waals surface area contributed by atoms with Crippen molar-refractivity contribution in [1.29, 1.82) is 0 Å². The molecule has 0 N–H and O–H groups in total. The Bertz CT molecular complexity index is 909. The molecule has 140 valence electrons. The molecule has 3 aromatic rings. The number of hydrogen-bond donors (Lipinski definition) is 0. The second-order valence-electron chi connectivity index (χ2n) is 6.69. The Hall–Kier alpha value is -3.16. The lowest BCUT2D eigenvalue weighted by Crippen LogP contribution is -2.50. The summed E-state index contributed by atoms with van der Waals surface area (Å²) in [5.41, 5.74) is 3.19. The topological polar surface area (TPSA) is 72.1 Å². The fourth-order valence-electron chi connectivity index (χ4n) is 3.61. The first-order valence-corrected chi connectivity index (χ1v) is 9.11. The number of pyridine rings is 1. The Labute approximate surface area is 158 Å². The summed E-state index contributed by atoms with van der Waals surface area (Å²) in [5, 5.41) is 8.79. The molecule has 8 heteroatoms. The molecule has 0 spiro atoms. The smallest absolute Gasteiger partial charge is 0.244 e. The summed E-state index contributed by atoms with van der Waals surface area (Å²) in [5.74, 6) is 0.924. The standard InChI is InChI=1S/C19H23N7O/c1-15-19(16(2)26(22-15)17-6-3-4-7-20-17)24-12-10-23(11-13-24)18(27)14-25-9-5-8-21-25/h3-9H,10-14H2,1-2H3. The zero-order chi connectivity index (χ0) is 18.8. The maximum Gasteiger partial charge on any atom is 0.244 e. The van der Waals surface area contributed by atoms with Crippen LogP contribution >= 0.6 is 0 Å². The fourth-order valence-corrected chi connectivity index (χ4v) is 3.61. The number of piperazine rings is 1. The van der Waals surface area contributed by atoms with Gasteiger partial charge in [-0.15, -0.1) is 0 Å². The number of anilines is 1. The summed E-state index contributed by atoms with van der Waals surface area (Å²) < 4.78 is 3.56. The summed E-state index contributed by atoms with van der Waals surface area (Å²) in [4.78, 5) is 21.1. The first-order chi connectivity index (χ1) is 13.1. The second kappa shape index (κ2) is 7.22. The van der Waals surface area contributed by atoms with Gasteiger partial charge in [0, 0.05) is 44.8 Å². The molecule has 0 radical (unpaired) electrons. The van der Waals surface area contributed by atoms with E-state index in [1.54, 1.807) is 17.1 Å². The number of amides is 1. The van der Waals surface area contributed by atoms with Gasteiger partial charge in [-0.25, -0.2) is 9.67 Å². The molecule has 0 aromatic carbocycles. The molecule has 3 aromatic heterocycles. The first kappa shape index (κ1) is 17.3. The molecule has 0 saturated carbocycles. The van der Waals surface area contributed by atoms with E-state index in [-0.39, 0.29) is 5.91 Å². The third kappa shape index (κ3) is 3.42. The molecule has 4 heterocycles. The van der Waals surface area contributed by atoms with Gasteiger partial charge in [-0.2, -0.15) is 10.2 Å². The average molecular weight is 365 g/mol. The van der Waals surface area contributed by atoms with Gasteiger partial charge < -0.3 is 9.80 Å². The van der Waals surface area contributed by atoms with Gasteiger partial charge in [-0.1, -0.05) is 6.07 Å². The molecule has 0 unspecified atom stereocenters. The van der Waals surface area contributed by atoms with E-state index < -0.39 is 0 Å². The number of carbonyl (C=O) groups excluding carboxylic acids is 1. The number of hydrogen-bond acceptors (Lipinski definition) is 5. The largest absolute Gasteiger partial charge is 0.365 e. The van der Waals surface area contributed by atoms with E-state index in [9.17, 15) is 4.79 Å². The summed E-state index contributed by atoms with van der Waals surface area (Å²) in [6.45, 7) is 7.38. The summed E-state index contributed by atoms with van der Waals surface area (Å²) in [6.07, 6.45) is 5.28. The number of carbonyl (C=O) groups is 1. The van der Waals surface area contributed by atoms with Crippen molar-refractivity contribution in [3.05, 3.63) is 54.2 Å². The van der Waals surface area contributed by atoms with Crippen LogP contribution in [0.1, 0.15) is 11.4 Å². The van der Waals surface area contributed by atoms with Gasteiger partial charge >= 0.3 is 0 Å². The maximum atomic E-state index is 12.5. The Morgan fingerprint density at radius 3 is 2.56 bits per heavy atom. The fraction of sp³-hybridized carbons (Fsp3) is 0.368. The summed E-state index contributed by atoms with van der Waals surface area (Å²) in [7, 11) is 0. The molecule has 1 aliphatic heterocycles. The summed E-state index contributed by atoms with van der Waals surface area (Å²) in [6, 6.07) is 7.64. The SMILES string of the molecule is Cc1nn(-c2ccccn2)c(C)c1N1CCN(C(=O)Cn2cccn2)CC1. The maximum absolute atomic E-state index is 12.5. The monoisotopic (exact) mass is 365 g/mol. The van der Waals surface area contributed by atoms with Gasteiger partial charge in [0.1, 0.15) is 6.54 Å². The van der Waals surface area contributed by atoms with Gasteiger partial charge in [0.05, 0.1) is 17.1 Å². The van der Waals surface area contributed by atoms with Crippen LogP contribution in [0.3, 0.4) is 0 Å². The molecule has 1 aliphatic rings. The highest BCUT2D eigenvalue weighted by Gasteiger charge is 2.25. The lowest BCUT2D eigenvalue weighted by Gasteiger charge is -2.36. The van der Waals surface area contributed by atoms with Gasteiger partial charge in [-0.3, -0.25) is 9.48 Å². The van der Waals surface area contributed by atoms with Crippen molar-refractivity contribution in [3.63, 3.8) is 0 Å². The van der Waals surface area contributed by atoms with Gasteiger partial charge in [0.2, 0.25) is 5.91 Å². The van der Waals surface area contributed by atoms with Crippen molar-refractivity contribution in [1.82, 2.24) is 29.4 Å². The minimum absolute atomic E-state index is 0.107. The quantitative estimate of drug-likeness (QED) is 0.699. The van der Waals surface area contributed by atoms with Crippen molar-refractivity contribution in [2.45, 2.75) is 20.4 Å². The molecule has 8 nitrogen and oxygen atoms in total. The van der Waals surface area contributed by atoms with E-state index in [2.05, 4.69) is 27.0 Å². The van der Waals surface area contributed by atoms with Crippen molar-refractivity contribution in [2.24, 2.45) is 0 Å². The predicted octanol–water partition coefficient (Wildman–Crippen LogP) is 1.43. The van der Waals surface area contributed by atoms with Crippen LogP contribution < -0.4 is 4.90 Å². The zero-order valence-corrected chi connectivity index (χ0v) is 15.6. The predicted molar refractivity (Wildman–Crippen MR) is 102 cm³/mol. The number of rotatable bonds is 4. The number of aryl methyl sites for hydroxylation is 1. The third-order valence-corrected chi connectivity index (χ3v) is 4.92. The van der Waals surface area contributed by atoms with E-state index in [1.807, 2.05) is 47.0 Å². The van der Waals surface area contributed by atoms with Crippen molar-refractivity contribution >= 4 is 11.6 Å². The minimum atomic E-state index is 0.107. The molecule has 1 saturated heterocycles. The number of aromatic nitrogens is 5. The average Bonchev–Trinajstić information content (AvgIpc) is 3.30. The molecule has 0 bridgehead atoms. The lowest BCUT2D eigenvalue weighted by atomic mass is 10.2. The molecule has 27 heavy (non-hydrogen) atoms. The Kier molecular flexibility index (Phi) is 4.62. The van der Waals surface area contributed by atoms with Gasteiger partial charge in [-0.05, 0) is 32.0 Å². The highest BCUT2D eigenvalue weighted by atomic mass is 16.2. The van der Waals surface area contributed by atoms with E-state index in [4.69, 9.17) is 0 Å². The Morgan fingerprint density at radius 1 is 1.07 bits per heavy atom. The first-order valence-electron chi connectivity index (χ1n) is 9.11. The lowest BCUT2D eigenvalue weighted by molar-refractivity contribution is -0.132. The molecule has 4 rings (SSSR count). The van der Waals surface area contributed by atoms with E-state index >= 15 is 0 Å². The van der Waals surface area contributed by atoms with Crippen LogP contribution in [0.15, 0.2) is 42.9 Å². The van der Waals surface area contributed by atoms with Crippen LogP contribution in [0.5, 0.6) is 0 Å². The molecular weight excluding hydrogens is 342 g/mol. The molecular formula is C19H23N7O. The van der Waals surface area contributed by atoms with Crippen LogP contribution in [-0.4, -0.2) is 61.5 Å². The van der Waals surface area contributed by atoms with Crippen molar-refractivity contribution < 1.29 is 4.79 Å². The molecule has 1 fully saturated rings. The number of nitrogens with zero attached hydrogens (tertiary/aromatic N) is 7. The summed E-state index contributed by atoms with van der Waals surface area (Å²) >= 11 is 0. The highest BCUT2D eigenvalue weighted by Crippen LogP contribution is 2.27. The van der Waals surface area contributed by atoms with Crippen molar-refractivity contribution in [3.8, 4) is 5.82 Å². The van der Waals surface area contributed by atoms with Crippen molar-refractivity contribution in [2.75, 3.05) is 31.1 Å². The van der Waals surface area contributed by atoms with E-state index in [1.165, 1.54) is 0 Å². The highest BCUT2D eigenvalue weighted by molar-refractivity contribution is 5.76. The second-order valence-corrected chi connectivity index (χ2v) is 6.69. The van der Waals surface area contributed by atoms with Gasteiger partial charge in [0.15, 0.2) is 5.82 Å². The van der Waals surface area contributed by atoms with E-state index in [0.717, 1.165) is 36.0 Å². The van der Waals surface area contributed by atoms with Crippen LogP contribution in [0.4, 0.5) is 5.69 Å². The normalized spacial score (nSPS) is 14.6. The Balaban J connectivity index is 1.45. The van der Waals surface area contributed by atoms with E-state index in [0.29, 0.717) is 19.6 Å². The Morgan fingerprint density at radius 2 is 1.89 bits per heavy atom. The molecule has 0 aliphatic carbocycles. The van der Waals surface area contributed by atoms with Crippen LogP contribution in [0.25, 0.3) is 5.82 Å². The van der Waals surface area contributed by atoms with Gasteiger partial charge in [0.25, 0.3) is 0 Å².